The molecule has 1 atom stereocenters. The Kier molecular flexibility index (Phi) is 3.29. The quantitative estimate of drug-likeness (QED) is 0.855. The number of aromatic nitrogens is 1. The van der Waals surface area contributed by atoms with Crippen LogP contribution in [0.4, 0.5) is 5.69 Å². The first kappa shape index (κ1) is 13.8. The van der Waals surface area contributed by atoms with E-state index in [1.807, 2.05) is 25.1 Å². The molecule has 1 aromatic heterocycles. The lowest BCUT2D eigenvalue weighted by atomic mass is 10.1. The van der Waals surface area contributed by atoms with Gasteiger partial charge in [0.05, 0.1) is 23.8 Å². The Hall–Kier alpha value is -2.14. The van der Waals surface area contributed by atoms with E-state index in [0.717, 1.165) is 29.6 Å². The number of carbonyl (C=O) groups excluding carboxylic acids is 1. The molecule has 5 nitrogen and oxygen atoms in total. The number of anilines is 1. The van der Waals surface area contributed by atoms with E-state index in [-0.39, 0.29) is 5.97 Å². The van der Waals surface area contributed by atoms with Crippen LogP contribution in [-0.4, -0.2) is 41.9 Å². The number of carbonyl (C=O) groups is 1. The number of pyridine rings is 1. The van der Waals surface area contributed by atoms with Crippen LogP contribution in [0.2, 0.25) is 0 Å². The summed E-state index contributed by atoms with van der Waals surface area (Å²) in [6.45, 7) is 3.23. The Bertz CT molecular complexity index is 697. The van der Waals surface area contributed by atoms with Gasteiger partial charge in [0, 0.05) is 30.4 Å². The number of fused-ring (bicyclic) bond motifs is 1. The van der Waals surface area contributed by atoms with Crippen molar-refractivity contribution in [3.63, 3.8) is 0 Å². The van der Waals surface area contributed by atoms with E-state index in [4.69, 9.17) is 4.74 Å². The van der Waals surface area contributed by atoms with E-state index >= 15 is 0 Å². The molecule has 1 aromatic carbocycles. The second-order valence-electron chi connectivity index (χ2n) is 5.72. The summed E-state index contributed by atoms with van der Waals surface area (Å²) in [4.78, 5) is 18.3. The molecular formula is C16H18N2O3. The fourth-order valence-corrected chi connectivity index (χ4v) is 2.78. The summed E-state index contributed by atoms with van der Waals surface area (Å²) in [6, 6.07) is 7.47. The Labute approximate surface area is 123 Å². The molecule has 1 fully saturated rings. The number of aliphatic hydroxyl groups is 1. The molecular weight excluding hydrogens is 268 g/mol. The minimum atomic E-state index is -0.658. The summed E-state index contributed by atoms with van der Waals surface area (Å²) >= 11 is 0. The third kappa shape index (κ3) is 2.56. The van der Waals surface area contributed by atoms with E-state index in [0.29, 0.717) is 12.1 Å². The lowest BCUT2D eigenvalue weighted by molar-refractivity contribution is 0.0602. The summed E-state index contributed by atoms with van der Waals surface area (Å²) in [5.41, 5.74) is 1.59. The van der Waals surface area contributed by atoms with Crippen LogP contribution >= 0.6 is 0 Å². The van der Waals surface area contributed by atoms with Gasteiger partial charge < -0.3 is 14.7 Å². The summed E-state index contributed by atoms with van der Waals surface area (Å²) in [6.07, 6.45) is 2.34. The van der Waals surface area contributed by atoms with E-state index in [1.54, 1.807) is 12.3 Å². The molecule has 1 aliphatic heterocycles. The second kappa shape index (κ2) is 5.00. The number of benzene rings is 1. The van der Waals surface area contributed by atoms with Crippen LogP contribution in [0.25, 0.3) is 10.9 Å². The highest BCUT2D eigenvalue weighted by molar-refractivity contribution is 6.04. The minimum absolute atomic E-state index is 0.368. The van der Waals surface area contributed by atoms with Crippen molar-refractivity contribution >= 4 is 22.6 Å². The molecule has 0 amide bonds. The smallest absolute Gasteiger partial charge is 0.338 e. The van der Waals surface area contributed by atoms with Crippen molar-refractivity contribution in [2.75, 3.05) is 25.1 Å². The predicted molar refractivity (Wildman–Crippen MR) is 80.5 cm³/mol. The first-order valence-electron chi connectivity index (χ1n) is 6.95. The topological polar surface area (TPSA) is 62.7 Å². The van der Waals surface area contributed by atoms with Crippen molar-refractivity contribution in [3.8, 4) is 0 Å². The number of rotatable bonds is 2. The number of methoxy groups -OCH3 is 1. The minimum Gasteiger partial charge on any atom is -0.465 e. The number of hydrogen-bond acceptors (Lipinski definition) is 5. The zero-order chi connectivity index (χ0) is 15.0. The zero-order valence-electron chi connectivity index (χ0n) is 12.2. The number of esters is 1. The third-order valence-corrected chi connectivity index (χ3v) is 3.95. The maximum absolute atomic E-state index is 11.9. The standard InChI is InChI=1S/C16H18N2O3/c1-16(20)6-8-18(10-16)11-3-4-14-13(9-11)12(5-7-17-14)15(19)21-2/h3-5,7,9,20H,6,8,10H2,1-2H3/t16-/m1/s1. The molecule has 3 rings (SSSR count). The van der Waals surface area contributed by atoms with Crippen molar-refractivity contribution in [2.45, 2.75) is 18.9 Å². The molecule has 0 spiro atoms. The maximum Gasteiger partial charge on any atom is 0.338 e. The summed E-state index contributed by atoms with van der Waals surface area (Å²) in [7, 11) is 1.37. The Morgan fingerprint density at radius 2 is 2.24 bits per heavy atom. The normalized spacial score (nSPS) is 21.8. The van der Waals surface area contributed by atoms with Crippen LogP contribution in [0.5, 0.6) is 0 Å². The van der Waals surface area contributed by atoms with Crippen LogP contribution in [0, 0.1) is 0 Å². The van der Waals surface area contributed by atoms with Gasteiger partial charge in [-0.05, 0) is 37.6 Å². The Morgan fingerprint density at radius 3 is 2.90 bits per heavy atom. The zero-order valence-corrected chi connectivity index (χ0v) is 12.2. The fraction of sp³-hybridized carbons (Fsp3) is 0.375. The van der Waals surface area contributed by atoms with Gasteiger partial charge >= 0.3 is 5.97 Å². The summed E-state index contributed by atoms with van der Waals surface area (Å²) in [5.74, 6) is -0.368. The average molecular weight is 286 g/mol. The number of ether oxygens (including phenoxy) is 1. The lowest BCUT2D eigenvalue weighted by Gasteiger charge is -2.21. The van der Waals surface area contributed by atoms with E-state index in [1.165, 1.54) is 7.11 Å². The van der Waals surface area contributed by atoms with Crippen molar-refractivity contribution in [3.05, 3.63) is 36.0 Å². The molecule has 2 heterocycles. The number of nitrogens with zero attached hydrogens (tertiary/aromatic N) is 2. The summed E-state index contributed by atoms with van der Waals surface area (Å²) in [5, 5.41) is 10.9. The highest BCUT2D eigenvalue weighted by Gasteiger charge is 2.31. The molecule has 1 N–H and O–H groups in total. The van der Waals surface area contributed by atoms with E-state index in [2.05, 4.69) is 9.88 Å². The fourth-order valence-electron chi connectivity index (χ4n) is 2.78. The molecule has 0 saturated carbocycles. The number of β-amino-alcohol motifs (C(OH)–C–C–N with tert-alkyl or cyclic N) is 1. The third-order valence-electron chi connectivity index (χ3n) is 3.95. The van der Waals surface area contributed by atoms with Crippen LogP contribution in [-0.2, 0) is 4.74 Å². The first-order chi connectivity index (χ1) is 10.00. The van der Waals surface area contributed by atoms with Crippen LogP contribution < -0.4 is 4.90 Å². The second-order valence-corrected chi connectivity index (χ2v) is 5.72. The molecule has 110 valence electrons. The van der Waals surface area contributed by atoms with Gasteiger partial charge in [0.2, 0.25) is 0 Å². The van der Waals surface area contributed by atoms with Gasteiger partial charge in [-0.2, -0.15) is 0 Å². The van der Waals surface area contributed by atoms with Gasteiger partial charge in [-0.1, -0.05) is 0 Å². The van der Waals surface area contributed by atoms with Gasteiger partial charge in [-0.3, -0.25) is 4.98 Å². The monoisotopic (exact) mass is 286 g/mol. The average Bonchev–Trinajstić information content (AvgIpc) is 2.85. The lowest BCUT2D eigenvalue weighted by Crippen LogP contribution is -2.29. The van der Waals surface area contributed by atoms with E-state index < -0.39 is 5.60 Å². The highest BCUT2D eigenvalue weighted by atomic mass is 16.5. The van der Waals surface area contributed by atoms with Crippen molar-refractivity contribution in [1.29, 1.82) is 0 Å². The summed E-state index contributed by atoms with van der Waals surface area (Å²) < 4.78 is 4.82. The molecule has 1 saturated heterocycles. The van der Waals surface area contributed by atoms with Gasteiger partial charge in [0.15, 0.2) is 0 Å². The van der Waals surface area contributed by atoms with Crippen LogP contribution in [0.1, 0.15) is 23.7 Å². The van der Waals surface area contributed by atoms with Gasteiger partial charge in [-0.15, -0.1) is 0 Å². The van der Waals surface area contributed by atoms with Gasteiger partial charge in [0.25, 0.3) is 0 Å². The maximum atomic E-state index is 11.9. The molecule has 2 aromatic rings. The molecule has 1 aliphatic rings. The predicted octanol–water partition coefficient (Wildman–Crippen LogP) is 1.98. The van der Waals surface area contributed by atoms with Crippen LogP contribution in [0.3, 0.4) is 0 Å². The SMILES string of the molecule is COC(=O)c1ccnc2ccc(N3CC[C@@](C)(O)C3)cc12. The first-order valence-corrected chi connectivity index (χ1v) is 6.95. The largest absolute Gasteiger partial charge is 0.465 e. The molecule has 0 bridgehead atoms. The Morgan fingerprint density at radius 1 is 1.43 bits per heavy atom. The molecule has 0 unspecified atom stereocenters. The number of hydrogen-bond donors (Lipinski definition) is 1. The van der Waals surface area contributed by atoms with Gasteiger partial charge in [-0.25, -0.2) is 4.79 Å². The molecule has 0 radical (unpaired) electrons. The van der Waals surface area contributed by atoms with Gasteiger partial charge in [0.1, 0.15) is 0 Å². The molecule has 5 heteroatoms. The van der Waals surface area contributed by atoms with Crippen molar-refractivity contribution < 1.29 is 14.6 Å². The van der Waals surface area contributed by atoms with Crippen LogP contribution in [0.15, 0.2) is 30.5 Å². The van der Waals surface area contributed by atoms with E-state index in [9.17, 15) is 9.90 Å². The Balaban J connectivity index is 2.05. The van der Waals surface area contributed by atoms with Crippen molar-refractivity contribution in [1.82, 2.24) is 4.98 Å². The highest BCUT2D eigenvalue weighted by Crippen LogP contribution is 2.29. The molecule has 0 aliphatic carbocycles. The van der Waals surface area contributed by atoms with Crippen molar-refractivity contribution in [2.24, 2.45) is 0 Å². The molecule has 21 heavy (non-hydrogen) atoms.